The Morgan fingerprint density at radius 3 is 1.50 bits per heavy atom. The van der Waals surface area contributed by atoms with E-state index in [1.165, 1.54) is 0 Å². The van der Waals surface area contributed by atoms with Gasteiger partial charge in [-0.25, -0.2) is 0 Å². The lowest BCUT2D eigenvalue weighted by molar-refractivity contribution is -0.166. The van der Waals surface area contributed by atoms with Crippen molar-refractivity contribution in [3.63, 3.8) is 0 Å². The van der Waals surface area contributed by atoms with Crippen LogP contribution in [0.15, 0.2) is 0 Å². The van der Waals surface area contributed by atoms with Crippen LogP contribution in [0.25, 0.3) is 0 Å². The number of hydrogen-bond acceptors (Lipinski definition) is 3. The van der Waals surface area contributed by atoms with Gasteiger partial charge in [0.2, 0.25) is 0 Å². The first-order chi connectivity index (χ1) is 8.20. The molecule has 1 fully saturated rings. The fourth-order valence-electron chi connectivity index (χ4n) is 2.41. The molecule has 6 atom stereocenters. The van der Waals surface area contributed by atoms with Crippen molar-refractivity contribution in [1.29, 1.82) is 0 Å². The Morgan fingerprint density at radius 1 is 0.778 bits per heavy atom. The van der Waals surface area contributed by atoms with E-state index < -0.39 is 51.2 Å². The summed E-state index contributed by atoms with van der Waals surface area (Å²) in [6.45, 7) is 1.60. The Kier molecular flexibility index (Phi) is 4.77. The third-order valence-electron chi connectivity index (χ3n) is 3.35. The topological polar surface area (TPSA) is 112 Å². The predicted molar refractivity (Wildman–Crippen MR) is 68.0 cm³/mol. The highest BCUT2D eigenvalue weighted by atomic mass is 79.9. The van der Waals surface area contributed by atoms with Crippen LogP contribution in [0.4, 0.5) is 0 Å². The maximum absolute atomic E-state index is 11.2. The summed E-state index contributed by atoms with van der Waals surface area (Å²) in [4.78, 5) is 32.6. The van der Waals surface area contributed by atoms with E-state index in [9.17, 15) is 14.4 Å². The molecule has 0 aromatic carbocycles. The third kappa shape index (κ3) is 2.54. The highest BCUT2D eigenvalue weighted by molar-refractivity contribution is 9.12. The van der Waals surface area contributed by atoms with Crippen LogP contribution in [0.5, 0.6) is 0 Å². The first-order valence-corrected chi connectivity index (χ1v) is 6.99. The van der Waals surface area contributed by atoms with Gasteiger partial charge in [0.25, 0.3) is 0 Å². The number of aliphatic carboxylic acids is 3. The summed E-state index contributed by atoms with van der Waals surface area (Å²) in [6.07, 6.45) is 0. The summed E-state index contributed by atoms with van der Waals surface area (Å²) in [5.74, 6) is -8.47. The zero-order valence-corrected chi connectivity index (χ0v) is 12.5. The van der Waals surface area contributed by atoms with Crippen LogP contribution in [-0.4, -0.2) is 42.9 Å². The molecule has 1 aliphatic rings. The lowest BCUT2D eigenvalue weighted by Gasteiger charge is -2.42. The second-order valence-electron chi connectivity index (χ2n) is 4.34. The Hall–Kier alpha value is -0.630. The van der Waals surface area contributed by atoms with E-state index in [4.69, 9.17) is 15.3 Å². The summed E-state index contributed by atoms with van der Waals surface area (Å²) in [7, 11) is 0. The normalized spacial score (nSPS) is 40.2. The van der Waals surface area contributed by atoms with Gasteiger partial charge in [0, 0.05) is 9.65 Å². The van der Waals surface area contributed by atoms with E-state index in [0.29, 0.717) is 0 Å². The highest BCUT2D eigenvalue weighted by Gasteiger charge is 2.55. The molecule has 0 saturated heterocycles. The van der Waals surface area contributed by atoms with Gasteiger partial charge >= 0.3 is 17.9 Å². The van der Waals surface area contributed by atoms with E-state index >= 15 is 0 Å². The van der Waals surface area contributed by atoms with Gasteiger partial charge in [0.15, 0.2) is 0 Å². The molecule has 0 spiro atoms. The summed E-state index contributed by atoms with van der Waals surface area (Å²) in [6, 6.07) is 0. The number of halogens is 2. The molecule has 102 valence electrons. The molecule has 0 bridgehead atoms. The molecular formula is C10H12Br2O6. The summed E-state index contributed by atoms with van der Waals surface area (Å²) < 4.78 is 0. The van der Waals surface area contributed by atoms with E-state index in [1.807, 2.05) is 0 Å². The van der Waals surface area contributed by atoms with Crippen LogP contribution < -0.4 is 0 Å². The average molecular weight is 388 g/mol. The molecule has 3 N–H and O–H groups in total. The molecule has 1 rings (SSSR count). The lowest BCUT2D eigenvalue weighted by atomic mass is 9.67. The van der Waals surface area contributed by atoms with Crippen LogP contribution in [0, 0.1) is 23.7 Å². The quantitative estimate of drug-likeness (QED) is 0.628. The molecule has 0 radical (unpaired) electrons. The Balaban J connectivity index is 3.28. The highest BCUT2D eigenvalue weighted by Crippen LogP contribution is 2.45. The summed E-state index contributed by atoms with van der Waals surface area (Å²) in [5, 5.41) is 27.4. The number of rotatable bonds is 3. The van der Waals surface area contributed by atoms with Crippen LogP contribution >= 0.6 is 31.9 Å². The van der Waals surface area contributed by atoms with Crippen molar-refractivity contribution in [1.82, 2.24) is 0 Å². The minimum Gasteiger partial charge on any atom is -0.481 e. The van der Waals surface area contributed by atoms with Crippen LogP contribution in [0.2, 0.25) is 0 Å². The molecule has 0 amide bonds. The molecule has 1 saturated carbocycles. The SMILES string of the molecule is CC1C(Br)C(Br)C(C(=O)O)C(C(=O)O)C1C(=O)O. The Bertz CT molecular complexity index is 357. The van der Waals surface area contributed by atoms with E-state index in [-0.39, 0.29) is 0 Å². The van der Waals surface area contributed by atoms with E-state index in [2.05, 4.69) is 31.9 Å². The largest absolute Gasteiger partial charge is 0.481 e. The first kappa shape index (κ1) is 15.4. The maximum atomic E-state index is 11.2. The zero-order valence-electron chi connectivity index (χ0n) is 9.29. The molecular weight excluding hydrogens is 376 g/mol. The third-order valence-corrected chi connectivity index (χ3v) is 6.60. The van der Waals surface area contributed by atoms with Crippen molar-refractivity contribution in [3.05, 3.63) is 0 Å². The van der Waals surface area contributed by atoms with E-state index in [0.717, 1.165) is 0 Å². The number of carbonyl (C=O) groups is 3. The first-order valence-electron chi connectivity index (χ1n) is 5.16. The average Bonchev–Trinajstić information content (AvgIpc) is 2.23. The van der Waals surface area contributed by atoms with Crippen LogP contribution in [-0.2, 0) is 14.4 Å². The molecule has 0 aromatic rings. The fraction of sp³-hybridized carbons (Fsp3) is 0.700. The number of carboxylic acids is 3. The van der Waals surface area contributed by atoms with Crippen molar-refractivity contribution in [2.75, 3.05) is 0 Å². The monoisotopic (exact) mass is 386 g/mol. The van der Waals surface area contributed by atoms with Crippen molar-refractivity contribution in [2.24, 2.45) is 23.7 Å². The van der Waals surface area contributed by atoms with Crippen molar-refractivity contribution < 1.29 is 29.7 Å². The Labute approximate surface area is 120 Å². The fourth-order valence-corrected chi connectivity index (χ4v) is 4.10. The molecule has 8 heteroatoms. The van der Waals surface area contributed by atoms with Crippen molar-refractivity contribution in [3.8, 4) is 0 Å². The van der Waals surface area contributed by atoms with Gasteiger partial charge in [-0.3, -0.25) is 14.4 Å². The van der Waals surface area contributed by atoms with Crippen LogP contribution in [0.1, 0.15) is 6.92 Å². The van der Waals surface area contributed by atoms with Gasteiger partial charge in [0.1, 0.15) is 0 Å². The Morgan fingerprint density at radius 2 is 1.17 bits per heavy atom. The summed E-state index contributed by atoms with van der Waals surface area (Å²) >= 11 is 6.41. The molecule has 6 nitrogen and oxygen atoms in total. The van der Waals surface area contributed by atoms with Crippen molar-refractivity contribution >= 4 is 49.8 Å². The lowest BCUT2D eigenvalue weighted by Crippen LogP contribution is -2.54. The smallest absolute Gasteiger partial charge is 0.308 e. The van der Waals surface area contributed by atoms with Gasteiger partial charge in [-0.05, 0) is 5.92 Å². The van der Waals surface area contributed by atoms with E-state index in [1.54, 1.807) is 6.92 Å². The van der Waals surface area contributed by atoms with Gasteiger partial charge in [-0.1, -0.05) is 38.8 Å². The van der Waals surface area contributed by atoms with Crippen molar-refractivity contribution in [2.45, 2.75) is 16.6 Å². The molecule has 1 aliphatic carbocycles. The molecule has 6 unspecified atom stereocenters. The van der Waals surface area contributed by atoms with Gasteiger partial charge in [-0.15, -0.1) is 0 Å². The summed E-state index contributed by atoms with van der Waals surface area (Å²) in [5.41, 5.74) is 0. The standard InChI is InChI=1S/C10H12Br2O6/c1-2-3(8(13)14)4(9(15)16)5(10(17)18)7(12)6(2)11/h2-7H,1H3,(H,13,14)(H,15,16)(H,17,18). The molecule has 0 aliphatic heterocycles. The maximum Gasteiger partial charge on any atom is 0.308 e. The second-order valence-corrected chi connectivity index (χ2v) is 6.45. The predicted octanol–water partition coefficient (Wildman–Crippen LogP) is 1.27. The minimum atomic E-state index is -1.45. The molecule has 0 aromatic heterocycles. The number of alkyl halides is 2. The van der Waals surface area contributed by atoms with Gasteiger partial charge < -0.3 is 15.3 Å². The molecule has 18 heavy (non-hydrogen) atoms. The number of carboxylic acid groups (broad SMARTS) is 3. The molecule has 0 heterocycles. The van der Waals surface area contributed by atoms with Gasteiger partial charge in [0.05, 0.1) is 17.8 Å². The van der Waals surface area contributed by atoms with Gasteiger partial charge in [-0.2, -0.15) is 0 Å². The minimum absolute atomic E-state index is 0.421. The van der Waals surface area contributed by atoms with Crippen LogP contribution in [0.3, 0.4) is 0 Å². The zero-order chi connectivity index (χ0) is 14.2. The second kappa shape index (κ2) is 5.56. The number of hydrogen-bond donors (Lipinski definition) is 3.